The molecule has 2 amide bonds. The van der Waals surface area contributed by atoms with Crippen molar-refractivity contribution in [3.05, 3.63) is 29.3 Å². The first-order valence-corrected chi connectivity index (χ1v) is 5.55. The summed E-state index contributed by atoms with van der Waals surface area (Å²) in [4.78, 5) is 22.8. The normalized spacial score (nSPS) is 14.5. The van der Waals surface area contributed by atoms with Gasteiger partial charge >= 0.3 is 6.18 Å². The summed E-state index contributed by atoms with van der Waals surface area (Å²) in [5.74, 6) is -2.17. The molecule has 0 spiro atoms. The lowest BCUT2D eigenvalue weighted by atomic mass is 10.0. The molecule has 0 aromatic heterocycles. The Morgan fingerprint density at radius 1 is 1.25 bits per heavy atom. The molecule has 0 aliphatic rings. The lowest BCUT2D eigenvalue weighted by Gasteiger charge is -2.26. The molecular weight excluding hydrogens is 275 g/mol. The highest BCUT2D eigenvalue weighted by molar-refractivity contribution is 6.01. The Balaban J connectivity index is 3.10. The first-order chi connectivity index (χ1) is 8.98. The number of rotatable bonds is 3. The average Bonchev–Trinajstić information content (AvgIpc) is 2.29. The second-order valence-electron chi connectivity index (χ2n) is 4.50. The summed E-state index contributed by atoms with van der Waals surface area (Å²) in [5, 5.41) is 2.06. The predicted molar refractivity (Wildman–Crippen MR) is 67.0 cm³/mol. The number of halogens is 3. The molecule has 0 radical (unpaired) electrons. The van der Waals surface area contributed by atoms with E-state index in [4.69, 9.17) is 11.5 Å². The van der Waals surface area contributed by atoms with Gasteiger partial charge in [-0.2, -0.15) is 13.2 Å². The van der Waals surface area contributed by atoms with E-state index in [1.807, 2.05) is 0 Å². The summed E-state index contributed by atoms with van der Waals surface area (Å²) in [6, 6.07) is 4.15. The van der Waals surface area contributed by atoms with Crippen molar-refractivity contribution in [2.24, 2.45) is 11.5 Å². The molecular formula is C12H14F3N3O2. The maximum Gasteiger partial charge on any atom is 0.415 e. The summed E-state index contributed by atoms with van der Waals surface area (Å²) >= 11 is 0. The fraction of sp³-hybridized carbons (Fsp3) is 0.333. The molecule has 1 rings (SSSR count). The third kappa shape index (κ3) is 2.90. The Morgan fingerprint density at radius 3 is 2.25 bits per heavy atom. The molecule has 20 heavy (non-hydrogen) atoms. The van der Waals surface area contributed by atoms with Crippen LogP contribution in [0.3, 0.4) is 0 Å². The molecule has 0 saturated carbocycles. The Hall–Kier alpha value is -2.09. The Bertz CT molecular complexity index is 553. The molecule has 110 valence electrons. The molecule has 0 fully saturated rings. The topological polar surface area (TPSA) is 98.2 Å². The van der Waals surface area contributed by atoms with E-state index in [9.17, 15) is 22.8 Å². The summed E-state index contributed by atoms with van der Waals surface area (Å²) in [6.07, 6.45) is -4.90. The van der Waals surface area contributed by atoms with Crippen LogP contribution < -0.4 is 16.8 Å². The van der Waals surface area contributed by atoms with E-state index < -0.39 is 23.5 Å². The number of primary amides is 1. The van der Waals surface area contributed by atoms with Crippen LogP contribution in [0.4, 0.5) is 18.9 Å². The van der Waals surface area contributed by atoms with Gasteiger partial charge in [-0.25, -0.2) is 0 Å². The van der Waals surface area contributed by atoms with Crippen molar-refractivity contribution in [2.75, 3.05) is 5.32 Å². The number of carbonyl (C=O) groups is 2. The van der Waals surface area contributed by atoms with Gasteiger partial charge in [0.2, 0.25) is 5.91 Å². The van der Waals surface area contributed by atoms with E-state index in [2.05, 4.69) is 5.32 Å². The molecule has 1 atom stereocenters. The van der Waals surface area contributed by atoms with Crippen LogP contribution in [0, 0.1) is 6.92 Å². The van der Waals surface area contributed by atoms with Gasteiger partial charge in [-0.1, -0.05) is 6.07 Å². The highest BCUT2D eigenvalue weighted by Gasteiger charge is 2.54. The van der Waals surface area contributed by atoms with Crippen molar-refractivity contribution in [3.63, 3.8) is 0 Å². The third-order valence-electron chi connectivity index (χ3n) is 2.91. The third-order valence-corrected chi connectivity index (χ3v) is 2.91. The maximum absolute atomic E-state index is 12.6. The van der Waals surface area contributed by atoms with E-state index in [1.54, 1.807) is 0 Å². The molecule has 5 nitrogen and oxygen atoms in total. The van der Waals surface area contributed by atoms with E-state index in [0.29, 0.717) is 6.92 Å². The molecule has 8 heteroatoms. The zero-order valence-corrected chi connectivity index (χ0v) is 10.8. The second kappa shape index (κ2) is 5.12. The van der Waals surface area contributed by atoms with Gasteiger partial charge < -0.3 is 16.8 Å². The van der Waals surface area contributed by atoms with Gasteiger partial charge in [-0.05, 0) is 31.5 Å². The van der Waals surface area contributed by atoms with Crippen LogP contribution in [0.2, 0.25) is 0 Å². The van der Waals surface area contributed by atoms with Crippen molar-refractivity contribution in [1.82, 2.24) is 0 Å². The van der Waals surface area contributed by atoms with Gasteiger partial charge in [0.15, 0.2) is 5.54 Å². The zero-order valence-electron chi connectivity index (χ0n) is 10.8. The van der Waals surface area contributed by atoms with Gasteiger partial charge in [0, 0.05) is 11.3 Å². The highest BCUT2D eigenvalue weighted by Crippen LogP contribution is 2.29. The summed E-state index contributed by atoms with van der Waals surface area (Å²) in [6.45, 7) is 2.02. The minimum Gasteiger partial charge on any atom is -0.366 e. The van der Waals surface area contributed by atoms with Crippen LogP contribution >= 0.6 is 0 Å². The van der Waals surface area contributed by atoms with Crippen LogP contribution in [-0.4, -0.2) is 23.5 Å². The first-order valence-electron chi connectivity index (χ1n) is 5.55. The fourth-order valence-electron chi connectivity index (χ4n) is 1.42. The number of carbonyl (C=O) groups excluding carboxylic acids is 2. The molecule has 0 bridgehead atoms. The summed E-state index contributed by atoms with van der Waals surface area (Å²) < 4.78 is 37.9. The number of alkyl halides is 3. The van der Waals surface area contributed by atoms with E-state index in [0.717, 1.165) is 0 Å². The SMILES string of the molecule is Cc1c(NC(=O)C(C)(N)C(F)(F)F)cccc1C(N)=O. The summed E-state index contributed by atoms with van der Waals surface area (Å²) in [7, 11) is 0. The van der Waals surface area contributed by atoms with Gasteiger partial charge in [0.25, 0.3) is 5.91 Å². The van der Waals surface area contributed by atoms with Gasteiger partial charge in [-0.3, -0.25) is 9.59 Å². The van der Waals surface area contributed by atoms with Crippen LogP contribution in [0.25, 0.3) is 0 Å². The van der Waals surface area contributed by atoms with Crippen molar-refractivity contribution >= 4 is 17.5 Å². The Labute approximate surface area is 113 Å². The molecule has 1 aromatic rings. The number of amides is 2. The van der Waals surface area contributed by atoms with E-state index in [-0.39, 0.29) is 16.8 Å². The van der Waals surface area contributed by atoms with Crippen LogP contribution in [0.5, 0.6) is 0 Å². The lowest BCUT2D eigenvalue weighted by molar-refractivity contribution is -0.184. The molecule has 1 unspecified atom stereocenters. The predicted octanol–water partition coefficient (Wildman–Crippen LogP) is 1.31. The Morgan fingerprint density at radius 2 is 1.80 bits per heavy atom. The maximum atomic E-state index is 12.6. The van der Waals surface area contributed by atoms with Crippen LogP contribution in [0.1, 0.15) is 22.8 Å². The van der Waals surface area contributed by atoms with Crippen molar-refractivity contribution in [2.45, 2.75) is 25.6 Å². The van der Waals surface area contributed by atoms with Crippen LogP contribution in [-0.2, 0) is 4.79 Å². The zero-order chi connectivity index (χ0) is 15.7. The van der Waals surface area contributed by atoms with Crippen molar-refractivity contribution in [3.8, 4) is 0 Å². The van der Waals surface area contributed by atoms with Crippen molar-refractivity contribution in [1.29, 1.82) is 0 Å². The number of nitrogens with one attached hydrogen (secondary N) is 1. The highest BCUT2D eigenvalue weighted by atomic mass is 19.4. The summed E-state index contributed by atoms with van der Waals surface area (Å²) in [5.41, 5.74) is 7.50. The molecule has 5 N–H and O–H groups in total. The van der Waals surface area contributed by atoms with Gasteiger partial charge in [0.05, 0.1) is 0 Å². The number of hydrogen-bond donors (Lipinski definition) is 3. The second-order valence-corrected chi connectivity index (χ2v) is 4.50. The van der Waals surface area contributed by atoms with E-state index >= 15 is 0 Å². The average molecular weight is 289 g/mol. The van der Waals surface area contributed by atoms with Gasteiger partial charge in [-0.15, -0.1) is 0 Å². The number of anilines is 1. The monoisotopic (exact) mass is 289 g/mol. The standard InChI is InChI=1S/C12H14F3N3O2/c1-6-7(9(16)19)4-3-5-8(6)18-10(20)11(2,17)12(13,14)15/h3-5H,17H2,1-2H3,(H2,16,19)(H,18,20). The lowest BCUT2D eigenvalue weighted by Crippen LogP contribution is -2.59. The molecule has 0 aliphatic carbocycles. The molecule has 0 aliphatic heterocycles. The van der Waals surface area contributed by atoms with Crippen LogP contribution in [0.15, 0.2) is 18.2 Å². The first kappa shape index (κ1) is 16.0. The Kier molecular flexibility index (Phi) is 4.09. The largest absolute Gasteiger partial charge is 0.415 e. The minimum atomic E-state index is -4.90. The molecule has 0 heterocycles. The number of benzene rings is 1. The van der Waals surface area contributed by atoms with Gasteiger partial charge in [0.1, 0.15) is 0 Å². The fourth-order valence-corrected chi connectivity index (χ4v) is 1.42. The number of hydrogen-bond acceptors (Lipinski definition) is 3. The molecule has 1 aromatic carbocycles. The molecule has 0 saturated heterocycles. The smallest absolute Gasteiger partial charge is 0.366 e. The minimum absolute atomic E-state index is 0.0484. The van der Waals surface area contributed by atoms with Crippen molar-refractivity contribution < 1.29 is 22.8 Å². The van der Waals surface area contributed by atoms with E-state index in [1.165, 1.54) is 25.1 Å². The quantitative estimate of drug-likeness (QED) is 0.782. The number of nitrogens with two attached hydrogens (primary N) is 2.